The van der Waals surface area contributed by atoms with E-state index in [1.165, 1.54) is 12.1 Å². The highest BCUT2D eigenvalue weighted by atomic mass is 79.9. The largest absolute Gasteiger partial charge is 0.399 e. The fraction of sp³-hybridized carbons (Fsp3) is 0.143. The number of hydrogen-bond donors (Lipinski definition) is 2. The lowest BCUT2D eigenvalue weighted by molar-refractivity contribution is 0.618. The Morgan fingerprint density at radius 2 is 1.47 bits per heavy atom. The van der Waals surface area contributed by atoms with Crippen LogP contribution in [-0.4, -0.2) is 0 Å². The van der Waals surface area contributed by atoms with Gasteiger partial charge in [0, 0.05) is 15.8 Å². The van der Waals surface area contributed by atoms with Gasteiger partial charge in [0.1, 0.15) is 11.6 Å². The molecule has 0 saturated heterocycles. The first-order valence-corrected chi connectivity index (χ1v) is 6.33. The molecular formula is C14H15BrF2N2. The van der Waals surface area contributed by atoms with Crippen molar-refractivity contribution in [1.29, 1.82) is 0 Å². The van der Waals surface area contributed by atoms with Crippen LogP contribution in [0, 0.1) is 25.5 Å². The van der Waals surface area contributed by atoms with Crippen LogP contribution in [0.3, 0.4) is 0 Å². The van der Waals surface area contributed by atoms with E-state index in [0.29, 0.717) is 27.0 Å². The number of nitrogens with two attached hydrogens (primary N) is 2. The fourth-order valence-electron chi connectivity index (χ4n) is 1.35. The fourth-order valence-corrected chi connectivity index (χ4v) is 1.66. The third-order valence-electron chi connectivity index (χ3n) is 2.46. The molecule has 0 saturated carbocycles. The van der Waals surface area contributed by atoms with E-state index in [4.69, 9.17) is 11.5 Å². The Bertz CT molecular complexity index is 536. The molecule has 2 rings (SSSR count). The first-order valence-electron chi connectivity index (χ1n) is 5.54. The van der Waals surface area contributed by atoms with E-state index in [2.05, 4.69) is 15.9 Å². The van der Waals surface area contributed by atoms with Crippen LogP contribution >= 0.6 is 15.9 Å². The van der Waals surface area contributed by atoms with Gasteiger partial charge in [0.15, 0.2) is 0 Å². The zero-order valence-electron chi connectivity index (χ0n) is 10.7. The Labute approximate surface area is 119 Å². The third-order valence-corrected chi connectivity index (χ3v) is 3.15. The van der Waals surface area contributed by atoms with Crippen molar-refractivity contribution in [3.8, 4) is 0 Å². The van der Waals surface area contributed by atoms with Crippen molar-refractivity contribution in [2.45, 2.75) is 13.8 Å². The maximum atomic E-state index is 12.7. The Morgan fingerprint density at radius 1 is 0.895 bits per heavy atom. The van der Waals surface area contributed by atoms with Crippen LogP contribution in [0.15, 0.2) is 34.8 Å². The van der Waals surface area contributed by atoms with Gasteiger partial charge in [-0.25, -0.2) is 8.78 Å². The van der Waals surface area contributed by atoms with E-state index >= 15 is 0 Å². The maximum Gasteiger partial charge on any atom is 0.127 e. The van der Waals surface area contributed by atoms with Crippen molar-refractivity contribution in [1.82, 2.24) is 0 Å². The summed E-state index contributed by atoms with van der Waals surface area (Å²) < 4.78 is 25.7. The minimum Gasteiger partial charge on any atom is -0.399 e. The summed E-state index contributed by atoms with van der Waals surface area (Å²) in [6, 6.07) is 7.48. The van der Waals surface area contributed by atoms with Gasteiger partial charge in [-0.3, -0.25) is 0 Å². The van der Waals surface area contributed by atoms with Crippen molar-refractivity contribution in [2.75, 3.05) is 11.5 Å². The monoisotopic (exact) mass is 328 g/mol. The molecule has 0 fully saturated rings. The predicted octanol–water partition coefficient (Wildman–Crippen LogP) is 4.20. The van der Waals surface area contributed by atoms with E-state index in [-0.39, 0.29) is 11.6 Å². The van der Waals surface area contributed by atoms with Crippen LogP contribution in [0.5, 0.6) is 0 Å². The molecule has 0 unspecified atom stereocenters. The number of hydrogen-bond acceptors (Lipinski definition) is 2. The van der Waals surface area contributed by atoms with E-state index in [1.807, 2.05) is 0 Å². The Balaban J connectivity index is 0.000000191. The second-order valence-corrected chi connectivity index (χ2v) is 4.99. The molecular weight excluding hydrogens is 314 g/mol. The summed E-state index contributed by atoms with van der Waals surface area (Å²) in [4.78, 5) is 0. The highest BCUT2D eigenvalue weighted by Gasteiger charge is 2.00. The van der Waals surface area contributed by atoms with Crippen molar-refractivity contribution < 1.29 is 8.78 Å². The predicted molar refractivity (Wildman–Crippen MR) is 78.8 cm³/mol. The number of rotatable bonds is 0. The Hall–Kier alpha value is -1.62. The van der Waals surface area contributed by atoms with E-state index in [0.717, 1.165) is 0 Å². The average Bonchev–Trinajstić information content (AvgIpc) is 2.33. The highest BCUT2D eigenvalue weighted by Crippen LogP contribution is 2.22. The highest BCUT2D eigenvalue weighted by molar-refractivity contribution is 9.10. The molecule has 2 aromatic rings. The molecule has 0 aliphatic rings. The van der Waals surface area contributed by atoms with Crippen LogP contribution in [0.25, 0.3) is 0 Å². The third kappa shape index (κ3) is 4.52. The molecule has 0 aromatic heterocycles. The number of anilines is 2. The van der Waals surface area contributed by atoms with Crippen molar-refractivity contribution >= 4 is 27.3 Å². The standard InChI is InChI=1S/C7H7BrFN.C7H8FN/c1-4-2-7(10)5(8)3-6(4)9;1-5-4-6(9)2-3-7(5)8/h2-3H,10H2,1H3;2-4H,9H2,1H3. The van der Waals surface area contributed by atoms with Gasteiger partial charge in [-0.2, -0.15) is 0 Å². The molecule has 102 valence electrons. The second-order valence-electron chi connectivity index (χ2n) is 4.13. The van der Waals surface area contributed by atoms with Gasteiger partial charge in [-0.1, -0.05) is 0 Å². The molecule has 0 heterocycles. The number of halogens is 3. The smallest absolute Gasteiger partial charge is 0.127 e. The van der Waals surface area contributed by atoms with Gasteiger partial charge in [-0.15, -0.1) is 0 Å². The molecule has 4 N–H and O–H groups in total. The summed E-state index contributed by atoms with van der Waals surface area (Å²) in [6.45, 7) is 3.36. The molecule has 5 heteroatoms. The topological polar surface area (TPSA) is 52.0 Å². The zero-order valence-corrected chi connectivity index (χ0v) is 12.3. The van der Waals surface area contributed by atoms with Crippen molar-refractivity contribution in [3.05, 3.63) is 57.6 Å². The van der Waals surface area contributed by atoms with Gasteiger partial charge in [0.05, 0.1) is 0 Å². The normalized spacial score (nSPS) is 9.74. The Kier molecular flexibility index (Phi) is 5.30. The minimum atomic E-state index is -0.235. The number of nitrogen functional groups attached to an aromatic ring is 2. The van der Waals surface area contributed by atoms with Gasteiger partial charge < -0.3 is 11.5 Å². The lowest BCUT2D eigenvalue weighted by Crippen LogP contribution is -1.90. The summed E-state index contributed by atoms with van der Waals surface area (Å²) in [5.74, 6) is -0.440. The SMILES string of the molecule is Cc1cc(N)c(Br)cc1F.Cc1cc(N)ccc1F. The van der Waals surface area contributed by atoms with Gasteiger partial charge >= 0.3 is 0 Å². The van der Waals surface area contributed by atoms with Crippen LogP contribution in [0.4, 0.5) is 20.2 Å². The first kappa shape index (κ1) is 15.4. The summed E-state index contributed by atoms with van der Waals surface area (Å²) >= 11 is 3.12. The van der Waals surface area contributed by atoms with Crippen LogP contribution in [0.2, 0.25) is 0 Å². The molecule has 0 atom stereocenters. The quantitative estimate of drug-likeness (QED) is 0.712. The molecule has 19 heavy (non-hydrogen) atoms. The van der Waals surface area contributed by atoms with E-state index in [9.17, 15) is 8.78 Å². The summed E-state index contributed by atoms with van der Waals surface area (Å²) in [5, 5.41) is 0. The molecule has 0 spiro atoms. The van der Waals surface area contributed by atoms with Gasteiger partial charge in [0.25, 0.3) is 0 Å². The van der Waals surface area contributed by atoms with Crippen molar-refractivity contribution in [2.24, 2.45) is 0 Å². The molecule has 0 radical (unpaired) electrons. The molecule has 2 aromatic carbocycles. The Morgan fingerprint density at radius 3 is 1.95 bits per heavy atom. The molecule has 2 nitrogen and oxygen atoms in total. The lowest BCUT2D eigenvalue weighted by atomic mass is 10.2. The van der Waals surface area contributed by atoms with Crippen LogP contribution in [-0.2, 0) is 0 Å². The molecule has 0 bridgehead atoms. The number of benzene rings is 2. The van der Waals surface area contributed by atoms with E-state index in [1.54, 1.807) is 32.0 Å². The van der Waals surface area contributed by atoms with Gasteiger partial charge in [0.2, 0.25) is 0 Å². The first-order chi connectivity index (χ1) is 8.81. The molecule has 0 aliphatic heterocycles. The summed E-state index contributed by atoms with van der Waals surface area (Å²) in [5.41, 5.74) is 13.2. The van der Waals surface area contributed by atoms with Gasteiger partial charge in [-0.05, 0) is 71.2 Å². The summed E-state index contributed by atoms with van der Waals surface area (Å²) in [6.07, 6.45) is 0. The zero-order chi connectivity index (χ0) is 14.6. The number of aryl methyl sites for hydroxylation is 2. The summed E-state index contributed by atoms with van der Waals surface area (Å²) in [7, 11) is 0. The maximum absolute atomic E-state index is 12.7. The van der Waals surface area contributed by atoms with Crippen LogP contribution < -0.4 is 11.5 Å². The van der Waals surface area contributed by atoms with Crippen molar-refractivity contribution in [3.63, 3.8) is 0 Å². The minimum absolute atomic E-state index is 0.204. The second kappa shape index (κ2) is 6.52. The van der Waals surface area contributed by atoms with Crippen LogP contribution in [0.1, 0.15) is 11.1 Å². The average molecular weight is 329 g/mol. The lowest BCUT2D eigenvalue weighted by Gasteiger charge is -1.99. The molecule has 0 amide bonds. The van der Waals surface area contributed by atoms with E-state index < -0.39 is 0 Å². The molecule has 0 aliphatic carbocycles.